The van der Waals surface area contributed by atoms with E-state index < -0.39 is 6.03 Å². The fourth-order valence-electron chi connectivity index (χ4n) is 3.39. The summed E-state index contributed by atoms with van der Waals surface area (Å²) in [6, 6.07) is 1.28. The lowest BCUT2D eigenvalue weighted by Crippen LogP contribution is -2.41. The van der Waals surface area contributed by atoms with Crippen LogP contribution in [-0.2, 0) is 0 Å². The van der Waals surface area contributed by atoms with Gasteiger partial charge in [0.25, 0.3) is 0 Å². The number of ether oxygens (including phenoxy) is 1. The molecule has 0 bridgehead atoms. The molecule has 10 nitrogen and oxygen atoms in total. The maximum absolute atomic E-state index is 14.6. The number of aromatic nitrogens is 4. The van der Waals surface area contributed by atoms with Crippen molar-refractivity contribution in [3.8, 4) is 5.88 Å². The quantitative estimate of drug-likeness (QED) is 0.280. The zero-order valence-electron chi connectivity index (χ0n) is 22.3. The first-order valence-electron chi connectivity index (χ1n) is 12.1. The second-order valence-corrected chi connectivity index (χ2v) is 9.51. The zero-order chi connectivity index (χ0) is 27.7. The first-order valence-corrected chi connectivity index (χ1v) is 12.1. The number of carbonyl (C=O) groups excluding carboxylic acids is 1. The predicted octanol–water partition coefficient (Wildman–Crippen LogP) is 4.68. The summed E-state index contributed by atoms with van der Waals surface area (Å²) >= 11 is 0. The van der Waals surface area contributed by atoms with E-state index in [1.54, 1.807) is 36.2 Å². The Morgan fingerprint density at radius 2 is 2.08 bits per heavy atom. The molecule has 2 N–H and O–H groups in total. The van der Waals surface area contributed by atoms with Crippen LogP contribution in [0.3, 0.4) is 0 Å². The number of carbonyl (C=O) groups is 1. The lowest BCUT2D eigenvalue weighted by molar-refractivity contribution is 0.243. The van der Waals surface area contributed by atoms with Gasteiger partial charge in [-0.15, -0.1) is 0 Å². The van der Waals surface area contributed by atoms with Crippen molar-refractivity contribution in [2.24, 2.45) is 10.5 Å². The molecule has 2 amide bonds. The number of hydrogen-bond donors (Lipinski definition) is 2. The van der Waals surface area contributed by atoms with Crippen LogP contribution in [0.1, 0.15) is 38.7 Å². The Balaban J connectivity index is 1.74. The molecule has 0 atom stereocenters. The summed E-state index contributed by atoms with van der Waals surface area (Å²) in [4.78, 5) is 29.6. The largest absolute Gasteiger partial charge is 0.472 e. The first-order chi connectivity index (χ1) is 18.0. The van der Waals surface area contributed by atoms with Gasteiger partial charge in [-0.2, -0.15) is 5.10 Å². The third kappa shape index (κ3) is 8.32. The van der Waals surface area contributed by atoms with Gasteiger partial charge in [0, 0.05) is 47.3 Å². The van der Waals surface area contributed by atoms with Gasteiger partial charge in [0.15, 0.2) is 5.82 Å². The summed E-state index contributed by atoms with van der Waals surface area (Å²) in [5.74, 6) is 1.02. The average molecular weight is 521 g/mol. The minimum Gasteiger partial charge on any atom is -0.472 e. The van der Waals surface area contributed by atoms with Gasteiger partial charge in [-0.25, -0.2) is 29.1 Å². The molecule has 0 unspecified atom stereocenters. The minimum atomic E-state index is -0.504. The third-order valence-corrected chi connectivity index (χ3v) is 5.24. The Labute approximate surface area is 222 Å². The molecule has 3 rings (SSSR count). The lowest BCUT2D eigenvalue weighted by atomic mass is 9.90. The Kier molecular flexibility index (Phi) is 9.42. The number of amides is 2. The Morgan fingerprint density at radius 3 is 2.74 bits per heavy atom. The number of hydrazone groups is 1. The van der Waals surface area contributed by atoms with Gasteiger partial charge < -0.3 is 15.4 Å². The molecule has 0 aliphatic heterocycles. The van der Waals surface area contributed by atoms with Crippen LogP contribution in [0.4, 0.5) is 15.0 Å². The number of allylic oxidation sites excluding steroid dienone is 4. The van der Waals surface area contributed by atoms with Crippen LogP contribution in [-0.4, -0.2) is 45.0 Å². The van der Waals surface area contributed by atoms with Crippen molar-refractivity contribution < 1.29 is 13.9 Å². The van der Waals surface area contributed by atoms with Gasteiger partial charge in [0.2, 0.25) is 5.88 Å². The number of urea groups is 1. The highest BCUT2D eigenvalue weighted by atomic mass is 19.1. The van der Waals surface area contributed by atoms with Crippen molar-refractivity contribution in [1.29, 1.82) is 0 Å². The third-order valence-electron chi connectivity index (χ3n) is 5.24. The zero-order valence-corrected chi connectivity index (χ0v) is 22.3. The molecule has 0 radical (unpaired) electrons. The van der Waals surface area contributed by atoms with Gasteiger partial charge in [-0.05, 0) is 32.1 Å². The van der Waals surface area contributed by atoms with Crippen molar-refractivity contribution in [3.05, 3.63) is 84.2 Å². The second-order valence-electron chi connectivity index (χ2n) is 9.51. The van der Waals surface area contributed by atoms with Gasteiger partial charge in [-0.3, -0.25) is 4.98 Å². The summed E-state index contributed by atoms with van der Waals surface area (Å²) in [6.07, 6.45) is 11.0. The predicted molar refractivity (Wildman–Crippen MR) is 145 cm³/mol. The molecule has 1 aliphatic carbocycles. The molecule has 11 heteroatoms. The number of rotatable bonds is 9. The van der Waals surface area contributed by atoms with E-state index in [-0.39, 0.29) is 42.4 Å². The molecule has 0 fully saturated rings. The monoisotopic (exact) mass is 520 g/mol. The number of hydrogen-bond acceptors (Lipinski definition) is 8. The van der Waals surface area contributed by atoms with E-state index in [0.717, 1.165) is 11.4 Å². The van der Waals surface area contributed by atoms with Crippen LogP contribution < -0.4 is 20.4 Å². The molecule has 38 heavy (non-hydrogen) atoms. The lowest BCUT2D eigenvalue weighted by Gasteiger charge is -2.25. The highest BCUT2D eigenvalue weighted by Crippen LogP contribution is 2.21. The fourth-order valence-corrected chi connectivity index (χ4v) is 3.39. The molecule has 0 spiro atoms. The second kappa shape index (κ2) is 12.7. The summed E-state index contributed by atoms with van der Waals surface area (Å²) in [6.45, 7) is 13.5. The highest BCUT2D eigenvalue weighted by molar-refractivity contribution is 5.99. The molecular weight excluding hydrogens is 487 g/mol. The topological polar surface area (TPSA) is 118 Å². The van der Waals surface area contributed by atoms with Crippen molar-refractivity contribution in [3.63, 3.8) is 0 Å². The smallest absolute Gasteiger partial charge is 0.320 e. The fraction of sp³-hybridized carbons (Fsp3) is 0.333. The Hall–Kier alpha value is -4.41. The molecule has 0 aromatic carbocycles. The number of halogens is 1. The van der Waals surface area contributed by atoms with Gasteiger partial charge in [0.05, 0.1) is 11.9 Å². The molecular formula is C27H33FN8O2. The van der Waals surface area contributed by atoms with Crippen molar-refractivity contribution in [2.75, 3.05) is 18.3 Å². The summed E-state index contributed by atoms with van der Waals surface area (Å²) < 4.78 is 20.1. The van der Waals surface area contributed by atoms with Gasteiger partial charge in [-0.1, -0.05) is 33.4 Å². The van der Waals surface area contributed by atoms with E-state index in [1.807, 2.05) is 27.7 Å². The van der Waals surface area contributed by atoms with E-state index in [1.165, 1.54) is 24.7 Å². The van der Waals surface area contributed by atoms with E-state index in [9.17, 15) is 9.18 Å². The normalized spacial score (nSPS) is 13.9. The van der Waals surface area contributed by atoms with Crippen LogP contribution in [0.5, 0.6) is 5.88 Å². The maximum Gasteiger partial charge on any atom is 0.320 e. The van der Waals surface area contributed by atoms with E-state index in [4.69, 9.17) is 9.84 Å². The molecule has 2 heterocycles. The number of nitrogens with zero attached hydrogens (tertiary/aromatic N) is 6. The molecule has 2 aromatic rings. The van der Waals surface area contributed by atoms with Crippen LogP contribution in [0, 0.1) is 19.3 Å². The molecule has 1 aliphatic rings. The SMILES string of the molecule is C=C/C(=N\N(CNC(=O)NC1=CC(COc2cnccn2)=C(F)CC=C1)c1cc(C)nc(C)n1)C(C)(C)C. The van der Waals surface area contributed by atoms with Gasteiger partial charge in [0.1, 0.15) is 24.9 Å². The maximum atomic E-state index is 14.6. The van der Waals surface area contributed by atoms with Crippen LogP contribution in [0.25, 0.3) is 0 Å². The van der Waals surface area contributed by atoms with Crippen LogP contribution >= 0.6 is 0 Å². The standard InChI is InChI=1S/C27H33FN8O2/c1-7-23(27(4,5)6)35-36(24-13-18(2)32-19(3)33-24)17-31-26(37)34-21-9-8-10-22(28)20(14-21)16-38-25-15-29-11-12-30-25/h7-9,11-15H,1,10,16-17H2,2-6H3,(H2,31,34,37)/b35-23+. The molecule has 0 saturated carbocycles. The Morgan fingerprint density at radius 1 is 1.29 bits per heavy atom. The highest BCUT2D eigenvalue weighted by Gasteiger charge is 2.20. The van der Waals surface area contributed by atoms with Crippen LogP contribution in [0.15, 0.2) is 77.7 Å². The summed E-state index contributed by atoms with van der Waals surface area (Å²) in [7, 11) is 0. The average Bonchev–Trinajstić information content (AvgIpc) is 3.02. The van der Waals surface area contributed by atoms with E-state index in [2.05, 4.69) is 37.1 Å². The van der Waals surface area contributed by atoms with Gasteiger partial charge >= 0.3 is 6.03 Å². The molecule has 0 saturated heterocycles. The Bertz CT molecular complexity index is 1260. The number of nitrogens with one attached hydrogen (secondary N) is 2. The summed E-state index contributed by atoms with van der Waals surface area (Å²) in [5, 5.41) is 11.8. The summed E-state index contributed by atoms with van der Waals surface area (Å²) in [5.41, 5.74) is 1.89. The van der Waals surface area contributed by atoms with E-state index >= 15 is 0 Å². The van der Waals surface area contributed by atoms with Crippen molar-refractivity contribution >= 4 is 17.6 Å². The first kappa shape index (κ1) is 28.2. The molecule has 2 aromatic heterocycles. The van der Waals surface area contributed by atoms with Crippen LogP contribution in [0.2, 0.25) is 0 Å². The van der Waals surface area contributed by atoms with Crippen molar-refractivity contribution in [2.45, 2.75) is 41.0 Å². The number of anilines is 1. The minimum absolute atomic E-state index is 0.0129. The molecule has 200 valence electrons. The van der Waals surface area contributed by atoms with E-state index in [0.29, 0.717) is 17.3 Å². The number of aryl methyl sites for hydroxylation is 2. The van der Waals surface area contributed by atoms with Crippen molar-refractivity contribution in [1.82, 2.24) is 30.6 Å².